The summed E-state index contributed by atoms with van der Waals surface area (Å²) in [7, 11) is 1.93. The molecule has 0 amide bonds. The number of hydrogen-bond acceptors (Lipinski definition) is 3. The number of aryl methyl sites for hydroxylation is 2. The van der Waals surface area contributed by atoms with Gasteiger partial charge in [-0.05, 0) is 19.4 Å². The van der Waals surface area contributed by atoms with Crippen molar-refractivity contribution in [3.05, 3.63) is 18.2 Å². The second kappa shape index (κ2) is 4.25. The molecule has 0 radical (unpaired) electrons. The van der Waals surface area contributed by atoms with Gasteiger partial charge in [0.15, 0.2) is 0 Å². The van der Waals surface area contributed by atoms with Crippen LogP contribution >= 0.6 is 0 Å². The molecule has 1 atom stereocenters. The lowest BCUT2D eigenvalue weighted by Gasteiger charge is -2.22. The Kier molecular flexibility index (Phi) is 2.96. The third-order valence-corrected chi connectivity index (χ3v) is 3.45. The van der Waals surface area contributed by atoms with E-state index in [1.807, 2.05) is 17.8 Å². The van der Waals surface area contributed by atoms with Gasteiger partial charge in [0.1, 0.15) is 5.82 Å². The summed E-state index contributed by atoms with van der Waals surface area (Å²) >= 11 is 0. The largest absolute Gasteiger partial charge is 0.481 e. The van der Waals surface area contributed by atoms with E-state index >= 15 is 0 Å². The Labute approximate surface area is 94.5 Å². The second-order valence-electron chi connectivity index (χ2n) is 4.47. The fourth-order valence-electron chi connectivity index (χ4n) is 2.24. The van der Waals surface area contributed by atoms with E-state index in [1.54, 1.807) is 6.20 Å². The number of aliphatic carboxylic acids is 1. The topological polar surface area (TPSA) is 67.2 Å². The monoisotopic (exact) mass is 223 g/mol. The first-order valence-corrected chi connectivity index (χ1v) is 5.54. The van der Waals surface area contributed by atoms with E-state index in [-0.39, 0.29) is 0 Å². The first-order valence-electron chi connectivity index (χ1n) is 5.54. The number of imidazole rings is 1. The highest BCUT2D eigenvalue weighted by Crippen LogP contribution is 2.31. The predicted octanol–water partition coefficient (Wildman–Crippen LogP) is 0.417. The summed E-state index contributed by atoms with van der Waals surface area (Å²) in [5.41, 5.74) is -0.591. The number of carboxylic acid groups (broad SMARTS) is 1. The van der Waals surface area contributed by atoms with Crippen LogP contribution in [-0.2, 0) is 18.3 Å². The smallest absolute Gasteiger partial charge is 0.310 e. The first-order chi connectivity index (χ1) is 7.64. The summed E-state index contributed by atoms with van der Waals surface area (Å²) in [6.45, 7) is 1.37. The van der Waals surface area contributed by atoms with Gasteiger partial charge in [-0.25, -0.2) is 4.98 Å². The third kappa shape index (κ3) is 1.95. The molecule has 2 rings (SSSR count). The fourth-order valence-corrected chi connectivity index (χ4v) is 2.24. The van der Waals surface area contributed by atoms with Gasteiger partial charge in [0, 0.05) is 32.4 Å². The van der Waals surface area contributed by atoms with Crippen LogP contribution in [0.3, 0.4) is 0 Å². The van der Waals surface area contributed by atoms with Crippen molar-refractivity contribution in [2.75, 3.05) is 13.1 Å². The van der Waals surface area contributed by atoms with Crippen molar-refractivity contribution in [1.82, 2.24) is 14.9 Å². The van der Waals surface area contributed by atoms with E-state index in [9.17, 15) is 9.90 Å². The average molecular weight is 223 g/mol. The number of carbonyl (C=O) groups is 1. The summed E-state index contributed by atoms with van der Waals surface area (Å²) in [5.74, 6) is 0.263. The van der Waals surface area contributed by atoms with E-state index in [2.05, 4.69) is 10.3 Å². The zero-order chi connectivity index (χ0) is 11.6. The Morgan fingerprint density at radius 1 is 1.75 bits per heavy atom. The van der Waals surface area contributed by atoms with Crippen molar-refractivity contribution < 1.29 is 9.90 Å². The second-order valence-corrected chi connectivity index (χ2v) is 4.47. The molecule has 5 nitrogen and oxygen atoms in total. The molecule has 5 heteroatoms. The van der Waals surface area contributed by atoms with Crippen LogP contribution < -0.4 is 5.32 Å². The maximum absolute atomic E-state index is 11.3. The van der Waals surface area contributed by atoms with Gasteiger partial charge < -0.3 is 15.0 Å². The van der Waals surface area contributed by atoms with Crippen LogP contribution in [0, 0.1) is 5.41 Å². The molecule has 1 fully saturated rings. The van der Waals surface area contributed by atoms with Gasteiger partial charge in [-0.2, -0.15) is 0 Å². The molecule has 1 aromatic rings. The molecule has 2 N–H and O–H groups in total. The molecule has 0 spiro atoms. The quantitative estimate of drug-likeness (QED) is 0.776. The number of aromatic nitrogens is 2. The Morgan fingerprint density at radius 3 is 3.06 bits per heavy atom. The van der Waals surface area contributed by atoms with Gasteiger partial charge in [0.05, 0.1) is 5.41 Å². The molecule has 2 heterocycles. The number of carboxylic acids is 1. The van der Waals surface area contributed by atoms with Crippen LogP contribution in [0.25, 0.3) is 0 Å². The molecule has 1 aliphatic heterocycles. The molecule has 1 saturated heterocycles. The van der Waals surface area contributed by atoms with Crippen molar-refractivity contribution in [3.63, 3.8) is 0 Å². The Bertz CT molecular complexity index is 380. The zero-order valence-corrected chi connectivity index (χ0v) is 9.44. The van der Waals surface area contributed by atoms with Gasteiger partial charge in [0.25, 0.3) is 0 Å². The van der Waals surface area contributed by atoms with Crippen LogP contribution in [0.1, 0.15) is 18.7 Å². The van der Waals surface area contributed by atoms with Crippen LogP contribution in [0.15, 0.2) is 12.4 Å². The molecule has 88 valence electrons. The molecule has 0 aliphatic carbocycles. The first kappa shape index (κ1) is 11.1. The predicted molar refractivity (Wildman–Crippen MR) is 59.1 cm³/mol. The summed E-state index contributed by atoms with van der Waals surface area (Å²) in [4.78, 5) is 15.5. The lowest BCUT2D eigenvalue weighted by atomic mass is 9.82. The van der Waals surface area contributed by atoms with Crippen LogP contribution in [0.4, 0.5) is 0 Å². The Hall–Kier alpha value is -1.36. The average Bonchev–Trinajstić information content (AvgIpc) is 2.84. The van der Waals surface area contributed by atoms with E-state index in [1.165, 1.54) is 0 Å². The fraction of sp³-hybridized carbons (Fsp3) is 0.636. The van der Waals surface area contributed by atoms with Crippen molar-refractivity contribution in [2.24, 2.45) is 12.5 Å². The molecule has 0 saturated carbocycles. The minimum absolute atomic E-state index is 0.576. The minimum atomic E-state index is -0.688. The molecule has 0 aromatic carbocycles. The lowest BCUT2D eigenvalue weighted by Crippen LogP contribution is -2.34. The molecule has 1 unspecified atom stereocenters. The number of nitrogens with zero attached hydrogens (tertiary/aromatic N) is 2. The highest BCUT2D eigenvalue weighted by molar-refractivity contribution is 5.75. The number of rotatable bonds is 4. The van der Waals surface area contributed by atoms with Gasteiger partial charge in [-0.3, -0.25) is 4.79 Å². The van der Waals surface area contributed by atoms with Crippen molar-refractivity contribution in [1.29, 1.82) is 0 Å². The van der Waals surface area contributed by atoms with Gasteiger partial charge in [-0.1, -0.05) is 0 Å². The molecular weight excluding hydrogens is 206 g/mol. The number of nitrogens with one attached hydrogen (secondary N) is 1. The zero-order valence-electron chi connectivity index (χ0n) is 9.44. The van der Waals surface area contributed by atoms with E-state index in [0.29, 0.717) is 19.4 Å². The highest BCUT2D eigenvalue weighted by Gasteiger charge is 2.40. The molecular formula is C11H17N3O2. The van der Waals surface area contributed by atoms with E-state index in [0.717, 1.165) is 18.8 Å². The van der Waals surface area contributed by atoms with Crippen molar-refractivity contribution >= 4 is 5.97 Å². The Balaban J connectivity index is 2.03. The SMILES string of the molecule is Cn1ccnc1CCC1(C(=O)O)CCNC1. The molecule has 16 heavy (non-hydrogen) atoms. The summed E-state index contributed by atoms with van der Waals surface area (Å²) < 4.78 is 1.94. The van der Waals surface area contributed by atoms with Crippen molar-refractivity contribution in [2.45, 2.75) is 19.3 Å². The van der Waals surface area contributed by atoms with Crippen molar-refractivity contribution in [3.8, 4) is 0 Å². The van der Waals surface area contributed by atoms with Crippen LogP contribution in [0.2, 0.25) is 0 Å². The summed E-state index contributed by atoms with van der Waals surface area (Å²) in [6.07, 6.45) is 5.72. The summed E-state index contributed by atoms with van der Waals surface area (Å²) in [6, 6.07) is 0. The minimum Gasteiger partial charge on any atom is -0.481 e. The maximum Gasteiger partial charge on any atom is 0.310 e. The van der Waals surface area contributed by atoms with Crippen LogP contribution in [0.5, 0.6) is 0 Å². The van der Waals surface area contributed by atoms with E-state index < -0.39 is 11.4 Å². The molecule has 1 aliphatic rings. The standard InChI is InChI=1S/C11H17N3O2/c1-14-7-6-13-9(14)2-3-11(10(15)16)4-5-12-8-11/h6-7,12H,2-5,8H2,1H3,(H,15,16). The highest BCUT2D eigenvalue weighted by atomic mass is 16.4. The number of hydrogen-bond donors (Lipinski definition) is 2. The summed E-state index contributed by atoms with van der Waals surface area (Å²) in [5, 5.41) is 12.4. The van der Waals surface area contributed by atoms with Gasteiger partial charge in [-0.15, -0.1) is 0 Å². The normalized spacial score (nSPS) is 24.8. The third-order valence-electron chi connectivity index (χ3n) is 3.45. The maximum atomic E-state index is 11.3. The lowest BCUT2D eigenvalue weighted by molar-refractivity contribution is -0.148. The molecule has 1 aromatic heterocycles. The molecule has 0 bridgehead atoms. The van der Waals surface area contributed by atoms with Gasteiger partial charge in [0.2, 0.25) is 0 Å². The van der Waals surface area contributed by atoms with Gasteiger partial charge >= 0.3 is 5.97 Å². The van der Waals surface area contributed by atoms with E-state index in [4.69, 9.17) is 0 Å². The Morgan fingerprint density at radius 2 is 2.56 bits per heavy atom. The van der Waals surface area contributed by atoms with Crippen LogP contribution in [-0.4, -0.2) is 33.7 Å².